The maximum Gasteiger partial charge on any atom is 0.177 e. The van der Waals surface area contributed by atoms with E-state index in [1.807, 2.05) is 30.3 Å². The van der Waals surface area contributed by atoms with Crippen LogP contribution in [0.15, 0.2) is 48.5 Å². The zero-order chi connectivity index (χ0) is 14.3. The van der Waals surface area contributed by atoms with Crippen LogP contribution < -0.4 is 4.74 Å². The van der Waals surface area contributed by atoms with Gasteiger partial charge in [-0.25, -0.2) is 0 Å². The molecule has 2 nitrogen and oxygen atoms in total. The van der Waals surface area contributed by atoms with E-state index in [1.165, 1.54) is 5.56 Å². The Morgan fingerprint density at radius 3 is 2.52 bits per heavy atom. The van der Waals surface area contributed by atoms with Gasteiger partial charge in [-0.3, -0.25) is 4.79 Å². The number of benzene rings is 2. The molecule has 1 heterocycles. The first-order valence-electron chi connectivity index (χ1n) is 7.66. The molecule has 1 aliphatic carbocycles. The minimum Gasteiger partial charge on any atom is -0.492 e. The number of carbonyl (C=O) groups is 1. The zero-order valence-corrected chi connectivity index (χ0v) is 12.0. The number of rotatable bonds is 3. The van der Waals surface area contributed by atoms with E-state index in [0.29, 0.717) is 6.61 Å². The highest BCUT2D eigenvalue weighted by molar-refractivity contribution is 6.07. The Morgan fingerprint density at radius 1 is 1.00 bits per heavy atom. The summed E-state index contributed by atoms with van der Waals surface area (Å²) in [4.78, 5) is 13.2. The fourth-order valence-electron chi connectivity index (χ4n) is 3.59. The number of hydrogen-bond acceptors (Lipinski definition) is 2. The molecule has 0 bridgehead atoms. The van der Waals surface area contributed by atoms with Gasteiger partial charge in [0.05, 0.1) is 17.6 Å². The topological polar surface area (TPSA) is 26.3 Å². The first-order chi connectivity index (χ1) is 10.3. The van der Waals surface area contributed by atoms with Crippen LogP contribution in [0.3, 0.4) is 0 Å². The minimum atomic E-state index is -0.331. The Kier molecular flexibility index (Phi) is 2.85. The molecular weight excluding hydrogens is 260 g/mol. The van der Waals surface area contributed by atoms with Crippen molar-refractivity contribution in [3.8, 4) is 5.75 Å². The van der Waals surface area contributed by atoms with Crippen molar-refractivity contribution in [2.24, 2.45) is 0 Å². The van der Waals surface area contributed by atoms with Crippen molar-refractivity contribution in [2.45, 2.75) is 31.1 Å². The number of ketones is 1. The molecule has 1 fully saturated rings. The second-order valence-electron chi connectivity index (χ2n) is 6.02. The SMILES string of the molecule is O=C(c1cccc2c1OCC2)C1(c2ccccc2)CCC1. The van der Waals surface area contributed by atoms with Gasteiger partial charge < -0.3 is 4.74 Å². The molecule has 0 radical (unpaired) electrons. The Morgan fingerprint density at radius 2 is 1.81 bits per heavy atom. The van der Waals surface area contributed by atoms with Crippen LogP contribution in [0.5, 0.6) is 5.75 Å². The standard InChI is InChI=1S/C19H18O2/c20-18(16-9-4-6-14-10-13-21-17(14)16)19(11-5-12-19)15-7-2-1-3-8-15/h1-4,6-9H,5,10-13H2. The van der Waals surface area contributed by atoms with Crippen molar-refractivity contribution in [1.82, 2.24) is 0 Å². The maximum absolute atomic E-state index is 13.2. The second-order valence-corrected chi connectivity index (χ2v) is 6.02. The largest absolute Gasteiger partial charge is 0.492 e. The van der Waals surface area contributed by atoms with Crippen molar-refractivity contribution in [3.05, 3.63) is 65.2 Å². The fourth-order valence-corrected chi connectivity index (χ4v) is 3.59. The maximum atomic E-state index is 13.2. The molecule has 4 rings (SSSR count). The van der Waals surface area contributed by atoms with E-state index in [1.54, 1.807) is 0 Å². The van der Waals surface area contributed by atoms with E-state index < -0.39 is 0 Å². The van der Waals surface area contributed by atoms with E-state index in [2.05, 4.69) is 18.2 Å². The second kappa shape index (κ2) is 4.73. The quantitative estimate of drug-likeness (QED) is 0.795. The summed E-state index contributed by atoms with van der Waals surface area (Å²) in [5.74, 6) is 1.06. The third-order valence-electron chi connectivity index (χ3n) is 4.93. The lowest BCUT2D eigenvalue weighted by atomic mass is 9.60. The van der Waals surface area contributed by atoms with Crippen molar-refractivity contribution in [2.75, 3.05) is 6.61 Å². The molecule has 0 N–H and O–H groups in total. The van der Waals surface area contributed by atoms with Gasteiger partial charge in [-0.2, -0.15) is 0 Å². The molecule has 0 saturated heterocycles. The number of Topliss-reactive ketones (excluding diaryl/α,β-unsaturated/α-hetero) is 1. The molecule has 2 aromatic carbocycles. The van der Waals surface area contributed by atoms with Crippen LogP contribution >= 0.6 is 0 Å². The van der Waals surface area contributed by atoms with Gasteiger partial charge in [-0.05, 0) is 30.0 Å². The van der Waals surface area contributed by atoms with Gasteiger partial charge >= 0.3 is 0 Å². The molecule has 0 amide bonds. The van der Waals surface area contributed by atoms with Crippen LogP contribution in [-0.2, 0) is 11.8 Å². The molecule has 2 aromatic rings. The summed E-state index contributed by atoms with van der Waals surface area (Å²) in [6, 6.07) is 16.2. The number of fused-ring (bicyclic) bond motifs is 1. The highest BCUT2D eigenvalue weighted by Crippen LogP contribution is 2.47. The van der Waals surface area contributed by atoms with E-state index in [4.69, 9.17) is 4.74 Å². The molecular formula is C19H18O2. The third kappa shape index (κ3) is 1.82. The summed E-state index contributed by atoms with van der Waals surface area (Å²) in [7, 11) is 0. The van der Waals surface area contributed by atoms with Crippen LogP contribution in [0.4, 0.5) is 0 Å². The Hall–Kier alpha value is -2.09. The van der Waals surface area contributed by atoms with E-state index in [-0.39, 0.29) is 11.2 Å². The van der Waals surface area contributed by atoms with E-state index in [9.17, 15) is 4.79 Å². The molecule has 0 unspecified atom stereocenters. The van der Waals surface area contributed by atoms with Gasteiger partial charge in [-0.1, -0.05) is 48.9 Å². The molecule has 0 aromatic heterocycles. The molecule has 0 atom stereocenters. The van der Waals surface area contributed by atoms with Crippen molar-refractivity contribution < 1.29 is 9.53 Å². The normalized spacial score (nSPS) is 18.5. The number of ether oxygens (including phenoxy) is 1. The summed E-state index contributed by atoms with van der Waals surface area (Å²) in [5, 5.41) is 0. The molecule has 106 valence electrons. The van der Waals surface area contributed by atoms with Gasteiger partial charge in [-0.15, -0.1) is 0 Å². The third-order valence-corrected chi connectivity index (χ3v) is 4.93. The lowest BCUT2D eigenvalue weighted by Gasteiger charge is -2.41. The van der Waals surface area contributed by atoms with Crippen molar-refractivity contribution in [1.29, 1.82) is 0 Å². The van der Waals surface area contributed by atoms with Gasteiger partial charge in [0, 0.05) is 6.42 Å². The lowest BCUT2D eigenvalue weighted by molar-refractivity contribution is 0.0785. The van der Waals surface area contributed by atoms with Crippen LogP contribution in [0.2, 0.25) is 0 Å². The molecule has 1 aliphatic heterocycles. The monoisotopic (exact) mass is 278 g/mol. The molecule has 0 spiro atoms. The van der Waals surface area contributed by atoms with Gasteiger partial charge in [0.2, 0.25) is 0 Å². The highest BCUT2D eigenvalue weighted by atomic mass is 16.5. The average Bonchev–Trinajstić information content (AvgIpc) is 2.95. The van der Waals surface area contributed by atoms with Crippen molar-refractivity contribution in [3.63, 3.8) is 0 Å². The molecule has 2 aliphatic rings. The Labute approximate surface area is 124 Å². The average molecular weight is 278 g/mol. The smallest absolute Gasteiger partial charge is 0.177 e. The van der Waals surface area contributed by atoms with Gasteiger partial charge in [0.25, 0.3) is 0 Å². The number of hydrogen-bond donors (Lipinski definition) is 0. The minimum absolute atomic E-state index is 0.235. The van der Waals surface area contributed by atoms with Crippen LogP contribution in [-0.4, -0.2) is 12.4 Å². The summed E-state index contributed by atoms with van der Waals surface area (Å²) in [5.41, 5.74) is 2.76. The Bertz CT molecular complexity index is 684. The van der Waals surface area contributed by atoms with E-state index in [0.717, 1.165) is 42.6 Å². The predicted molar refractivity (Wildman–Crippen MR) is 81.9 cm³/mol. The van der Waals surface area contributed by atoms with Crippen LogP contribution in [0.1, 0.15) is 40.7 Å². The fraction of sp³-hybridized carbons (Fsp3) is 0.316. The zero-order valence-electron chi connectivity index (χ0n) is 12.0. The summed E-state index contributed by atoms with van der Waals surface area (Å²) < 4.78 is 5.73. The highest BCUT2D eigenvalue weighted by Gasteiger charge is 2.46. The number of carbonyl (C=O) groups excluding carboxylic acids is 1. The molecule has 1 saturated carbocycles. The van der Waals surface area contributed by atoms with Gasteiger partial charge in [0.1, 0.15) is 5.75 Å². The molecule has 21 heavy (non-hydrogen) atoms. The van der Waals surface area contributed by atoms with Crippen LogP contribution in [0.25, 0.3) is 0 Å². The van der Waals surface area contributed by atoms with Crippen molar-refractivity contribution >= 4 is 5.78 Å². The van der Waals surface area contributed by atoms with E-state index >= 15 is 0 Å². The molecule has 2 heteroatoms. The number of para-hydroxylation sites is 1. The Balaban J connectivity index is 1.79. The summed E-state index contributed by atoms with van der Waals surface area (Å²) in [6.45, 7) is 0.692. The predicted octanol–water partition coefficient (Wildman–Crippen LogP) is 3.93. The lowest BCUT2D eigenvalue weighted by Crippen LogP contribution is -2.42. The first kappa shape index (κ1) is 12.6. The van der Waals surface area contributed by atoms with Gasteiger partial charge in [0.15, 0.2) is 5.78 Å². The summed E-state index contributed by atoms with van der Waals surface area (Å²) in [6.07, 6.45) is 3.92. The first-order valence-corrected chi connectivity index (χ1v) is 7.66. The summed E-state index contributed by atoms with van der Waals surface area (Å²) >= 11 is 0. The van der Waals surface area contributed by atoms with Crippen LogP contribution in [0, 0.1) is 0 Å².